The predicted octanol–water partition coefficient (Wildman–Crippen LogP) is 2.54. The van der Waals surface area contributed by atoms with Crippen molar-refractivity contribution in [1.82, 2.24) is 4.72 Å². The van der Waals surface area contributed by atoms with Crippen molar-refractivity contribution in [3.05, 3.63) is 16.6 Å². The largest absolute Gasteiger partial charge is 0.493 e. The minimum Gasteiger partial charge on any atom is -0.493 e. The molecule has 0 radical (unpaired) electrons. The van der Waals surface area contributed by atoms with E-state index >= 15 is 0 Å². The lowest BCUT2D eigenvalue weighted by atomic mass is 10.3. The van der Waals surface area contributed by atoms with E-state index < -0.39 is 10.0 Å². The van der Waals surface area contributed by atoms with E-state index in [4.69, 9.17) is 9.47 Å². The van der Waals surface area contributed by atoms with Gasteiger partial charge in [-0.3, -0.25) is 0 Å². The second kappa shape index (κ2) is 6.58. The first-order chi connectivity index (χ1) is 8.85. The van der Waals surface area contributed by atoms with Gasteiger partial charge in [0.2, 0.25) is 10.0 Å². The van der Waals surface area contributed by atoms with Gasteiger partial charge in [0, 0.05) is 16.6 Å². The van der Waals surface area contributed by atoms with Crippen molar-refractivity contribution in [3.8, 4) is 11.5 Å². The Balaban J connectivity index is 3.27. The highest BCUT2D eigenvalue weighted by molar-refractivity contribution is 9.10. The van der Waals surface area contributed by atoms with Crippen molar-refractivity contribution in [2.75, 3.05) is 14.2 Å². The number of sulfonamides is 1. The van der Waals surface area contributed by atoms with Crippen molar-refractivity contribution in [2.45, 2.75) is 31.2 Å². The number of ether oxygens (including phenoxy) is 2. The second-order valence-electron chi connectivity index (χ2n) is 4.07. The molecule has 0 unspecified atom stereocenters. The van der Waals surface area contributed by atoms with E-state index in [-0.39, 0.29) is 10.9 Å². The first-order valence-electron chi connectivity index (χ1n) is 5.79. The number of hydrogen-bond donors (Lipinski definition) is 1. The van der Waals surface area contributed by atoms with Gasteiger partial charge in [0.05, 0.1) is 14.2 Å². The molecule has 0 saturated carbocycles. The zero-order valence-electron chi connectivity index (χ0n) is 11.4. The summed E-state index contributed by atoms with van der Waals surface area (Å²) in [6.07, 6.45) is 0.712. The molecule has 0 spiro atoms. The number of nitrogens with one attached hydrogen (secondary N) is 1. The van der Waals surface area contributed by atoms with Crippen molar-refractivity contribution in [2.24, 2.45) is 0 Å². The summed E-state index contributed by atoms with van der Waals surface area (Å²) in [7, 11) is -0.634. The van der Waals surface area contributed by atoms with Crippen LogP contribution in [0.25, 0.3) is 0 Å². The molecule has 1 atom stereocenters. The number of hydrogen-bond acceptors (Lipinski definition) is 4. The van der Waals surface area contributed by atoms with Crippen molar-refractivity contribution in [3.63, 3.8) is 0 Å². The van der Waals surface area contributed by atoms with Gasteiger partial charge in [-0.15, -0.1) is 0 Å². The summed E-state index contributed by atoms with van der Waals surface area (Å²) in [4.78, 5) is 0.130. The van der Waals surface area contributed by atoms with E-state index in [0.29, 0.717) is 22.4 Å². The lowest BCUT2D eigenvalue weighted by Crippen LogP contribution is -2.32. The standard InChI is InChI=1S/C12H18BrNO4S/c1-5-8(2)14-19(15,16)12-7-11(18-4)10(17-3)6-9(12)13/h6-8,14H,5H2,1-4H3/t8-/m1/s1. The molecule has 0 aromatic heterocycles. The van der Waals surface area contributed by atoms with Crippen LogP contribution in [0.5, 0.6) is 11.5 Å². The van der Waals surface area contributed by atoms with Gasteiger partial charge >= 0.3 is 0 Å². The number of halogens is 1. The molecule has 0 bridgehead atoms. The van der Waals surface area contributed by atoms with Crippen molar-refractivity contribution < 1.29 is 17.9 Å². The van der Waals surface area contributed by atoms with Gasteiger partial charge in [-0.1, -0.05) is 6.92 Å². The maximum atomic E-state index is 12.3. The van der Waals surface area contributed by atoms with E-state index in [0.717, 1.165) is 0 Å². The molecule has 0 saturated heterocycles. The van der Waals surface area contributed by atoms with Gasteiger partial charge in [0.25, 0.3) is 0 Å². The van der Waals surface area contributed by atoms with E-state index in [1.165, 1.54) is 20.3 Å². The summed E-state index contributed by atoms with van der Waals surface area (Å²) >= 11 is 3.24. The first kappa shape index (κ1) is 16.3. The summed E-state index contributed by atoms with van der Waals surface area (Å²) in [6, 6.07) is 2.88. The van der Waals surface area contributed by atoms with Crippen LogP contribution in [0.2, 0.25) is 0 Å². The Kier molecular flexibility index (Phi) is 5.64. The fraction of sp³-hybridized carbons (Fsp3) is 0.500. The van der Waals surface area contributed by atoms with Gasteiger partial charge < -0.3 is 9.47 Å². The molecule has 1 aromatic rings. The summed E-state index contributed by atoms with van der Waals surface area (Å²) in [5.74, 6) is 0.840. The number of benzene rings is 1. The number of methoxy groups -OCH3 is 2. The summed E-state index contributed by atoms with van der Waals surface area (Å²) in [6.45, 7) is 3.73. The van der Waals surface area contributed by atoms with Crippen LogP contribution >= 0.6 is 15.9 Å². The fourth-order valence-corrected chi connectivity index (χ4v) is 3.82. The van der Waals surface area contributed by atoms with Crippen LogP contribution in [-0.2, 0) is 10.0 Å². The molecule has 0 fully saturated rings. The maximum Gasteiger partial charge on any atom is 0.242 e. The minimum atomic E-state index is -3.59. The van der Waals surface area contributed by atoms with Gasteiger partial charge in [-0.25, -0.2) is 13.1 Å². The van der Waals surface area contributed by atoms with Crippen LogP contribution < -0.4 is 14.2 Å². The third-order valence-corrected chi connectivity index (χ3v) is 5.24. The minimum absolute atomic E-state index is 0.130. The highest BCUT2D eigenvalue weighted by Crippen LogP contribution is 2.35. The van der Waals surface area contributed by atoms with Crippen LogP contribution in [0.3, 0.4) is 0 Å². The van der Waals surface area contributed by atoms with Crippen molar-refractivity contribution in [1.29, 1.82) is 0 Å². The third-order valence-electron chi connectivity index (χ3n) is 2.70. The SMILES string of the molecule is CC[C@@H](C)NS(=O)(=O)c1cc(OC)c(OC)cc1Br. The molecule has 1 rings (SSSR count). The Morgan fingerprint density at radius 2 is 1.79 bits per heavy atom. The van der Waals surface area contributed by atoms with E-state index in [2.05, 4.69) is 20.7 Å². The summed E-state index contributed by atoms with van der Waals surface area (Å²) in [5.41, 5.74) is 0. The molecule has 19 heavy (non-hydrogen) atoms. The molecular formula is C12H18BrNO4S. The molecule has 0 aliphatic carbocycles. The monoisotopic (exact) mass is 351 g/mol. The molecule has 0 aliphatic heterocycles. The van der Waals surface area contributed by atoms with Gasteiger partial charge in [0.15, 0.2) is 11.5 Å². The quantitative estimate of drug-likeness (QED) is 0.855. The maximum absolute atomic E-state index is 12.3. The molecule has 7 heteroatoms. The molecule has 1 N–H and O–H groups in total. The van der Waals surface area contributed by atoms with Crippen LogP contribution in [0.15, 0.2) is 21.5 Å². The smallest absolute Gasteiger partial charge is 0.242 e. The molecule has 108 valence electrons. The summed E-state index contributed by atoms with van der Waals surface area (Å²) in [5, 5.41) is 0. The summed E-state index contributed by atoms with van der Waals surface area (Å²) < 4.78 is 37.8. The average molecular weight is 352 g/mol. The normalized spacial score (nSPS) is 13.1. The zero-order chi connectivity index (χ0) is 14.6. The van der Waals surface area contributed by atoms with E-state index in [9.17, 15) is 8.42 Å². The van der Waals surface area contributed by atoms with Crippen molar-refractivity contribution >= 4 is 26.0 Å². The van der Waals surface area contributed by atoms with Gasteiger partial charge in [0.1, 0.15) is 4.90 Å². The Bertz CT molecular complexity index is 545. The lowest BCUT2D eigenvalue weighted by molar-refractivity contribution is 0.353. The van der Waals surface area contributed by atoms with E-state index in [1.54, 1.807) is 6.07 Å². The third kappa shape index (κ3) is 3.84. The average Bonchev–Trinajstić information content (AvgIpc) is 2.37. The van der Waals surface area contributed by atoms with Gasteiger partial charge in [-0.2, -0.15) is 0 Å². The van der Waals surface area contributed by atoms with Crippen LogP contribution in [0.4, 0.5) is 0 Å². The second-order valence-corrected chi connectivity index (χ2v) is 6.60. The van der Waals surface area contributed by atoms with Gasteiger partial charge in [-0.05, 0) is 35.3 Å². The highest BCUT2D eigenvalue weighted by atomic mass is 79.9. The Hall–Kier alpha value is -0.790. The number of rotatable bonds is 6. The molecule has 0 aliphatic rings. The van der Waals surface area contributed by atoms with Crippen LogP contribution in [0, 0.1) is 0 Å². The predicted molar refractivity (Wildman–Crippen MR) is 77.3 cm³/mol. The Morgan fingerprint density at radius 3 is 2.26 bits per heavy atom. The Morgan fingerprint density at radius 1 is 1.26 bits per heavy atom. The first-order valence-corrected chi connectivity index (χ1v) is 8.07. The van der Waals surface area contributed by atoms with Crippen LogP contribution in [0.1, 0.15) is 20.3 Å². The molecular weight excluding hydrogens is 334 g/mol. The molecule has 0 heterocycles. The molecule has 5 nitrogen and oxygen atoms in total. The fourth-order valence-electron chi connectivity index (χ4n) is 1.45. The lowest BCUT2D eigenvalue weighted by Gasteiger charge is -2.15. The van der Waals surface area contributed by atoms with E-state index in [1.807, 2.05) is 13.8 Å². The molecule has 1 aromatic carbocycles. The highest BCUT2D eigenvalue weighted by Gasteiger charge is 2.22. The van der Waals surface area contributed by atoms with Crippen LogP contribution in [-0.4, -0.2) is 28.7 Å². The molecule has 0 amide bonds. The zero-order valence-corrected chi connectivity index (χ0v) is 13.8. The Labute approximate surface area is 122 Å². The topological polar surface area (TPSA) is 64.6 Å².